The summed E-state index contributed by atoms with van der Waals surface area (Å²) >= 11 is 1.86. The molecule has 0 spiro atoms. The van der Waals surface area contributed by atoms with Crippen molar-refractivity contribution in [2.75, 3.05) is 38.5 Å². The number of rotatable bonds is 5. The minimum absolute atomic E-state index is 0.00575. The Hall–Kier alpha value is -2.58. The standard InChI is InChI=1S/C23H27N5O2S/c29-22(13-17-15-24-21-4-2-1-3-19(17)21)27-9-6-26(7-10-27)8-11-28-23(30)14-18-16-31-12-5-20(18)25-28/h1-4,14-15,24H,5-13,16H2. The summed E-state index contributed by atoms with van der Waals surface area (Å²) < 4.78 is 1.61. The molecule has 1 N–H and O–H groups in total. The van der Waals surface area contributed by atoms with Crippen LogP contribution < -0.4 is 5.56 Å². The molecule has 0 radical (unpaired) electrons. The van der Waals surface area contributed by atoms with Crippen molar-refractivity contribution >= 4 is 28.6 Å². The zero-order chi connectivity index (χ0) is 21.2. The highest BCUT2D eigenvalue weighted by atomic mass is 32.2. The highest BCUT2D eigenvalue weighted by molar-refractivity contribution is 7.98. The lowest BCUT2D eigenvalue weighted by atomic mass is 10.1. The van der Waals surface area contributed by atoms with Crippen molar-refractivity contribution in [3.05, 3.63) is 63.7 Å². The summed E-state index contributed by atoms with van der Waals surface area (Å²) in [5.74, 6) is 2.15. The fourth-order valence-corrected chi connectivity index (χ4v) is 5.37. The minimum atomic E-state index is -0.00575. The second kappa shape index (κ2) is 8.88. The van der Waals surface area contributed by atoms with Crippen LogP contribution in [-0.4, -0.2) is 68.9 Å². The summed E-state index contributed by atoms with van der Waals surface area (Å²) in [4.78, 5) is 32.7. The van der Waals surface area contributed by atoms with E-state index in [1.807, 2.05) is 41.1 Å². The Morgan fingerprint density at radius 2 is 1.97 bits per heavy atom. The molecule has 0 saturated carbocycles. The number of nitrogens with zero attached hydrogens (tertiary/aromatic N) is 4. The first-order valence-electron chi connectivity index (χ1n) is 10.9. The van der Waals surface area contributed by atoms with Gasteiger partial charge in [0.2, 0.25) is 5.91 Å². The third-order valence-corrected chi connectivity index (χ3v) is 7.28. The smallest absolute Gasteiger partial charge is 0.267 e. The highest BCUT2D eigenvalue weighted by Crippen LogP contribution is 2.21. The van der Waals surface area contributed by atoms with Crippen LogP contribution in [0.4, 0.5) is 0 Å². The third kappa shape index (κ3) is 4.41. The number of aryl methyl sites for hydroxylation is 1. The van der Waals surface area contributed by atoms with Crippen LogP contribution in [0.25, 0.3) is 10.9 Å². The number of carbonyl (C=O) groups excluding carboxylic acids is 1. The molecule has 0 atom stereocenters. The van der Waals surface area contributed by atoms with Gasteiger partial charge in [-0.15, -0.1) is 0 Å². The molecule has 7 nitrogen and oxygen atoms in total. The highest BCUT2D eigenvalue weighted by Gasteiger charge is 2.22. The lowest BCUT2D eigenvalue weighted by molar-refractivity contribution is -0.132. The first-order valence-corrected chi connectivity index (χ1v) is 12.1. The van der Waals surface area contributed by atoms with Crippen LogP contribution in [-0.2, 0) is 29.9 Å². The van der Waals surface area contributed by atoms with Crippen LogP contribution in [0.5, 0.6) is 0 Å². The molecule has 3 aromatic rings. The van der Waals surface area contributed by atoms with Gasteiger partial charge < -0.3 is 9.88 Å². The van der Waals surface area contributed by atoms with E-state index in [1.165, 1.54) is 0 Å². The molecule has 1 aromatic carbocycles. The maximum absolute atomic E-state index is 12.8. The molecular weight excluding hydrogens is 410 g/mol. The van der Waals surface area contributed by atoms with Crippen molar-refractivity contribution in [3.63, 3.8) is 0 Å². The lowest BCUT2D eigenvalue weighted by Crippen LogP contribution is -2.50. The summed E-state index contributed by atoms with van der Waals surface area (Å²) in [7, 11) is 0. The normalized spacial score (nSPS) is 17.1. The number of fused-ring (bicyclic) bond motifs is 2. The molecule has 0 unspecified atom stereocenters. The first kappa shape index (κ1) is 20.3. The molecule has 1 saturated heterocycles. The Balaban J connectivity index is 1.14. The Kier molecular flexibility index (Phi) is 5.82. The summed E-state index contributed by atoms with van der Waals surface area (Å²) in [6, 6.07) is 9.85. The van der Waals surface area contributed by atoms with Crippen LogP contribution >= 0.6 is 11.8 Å². The van der Waals surface area contributed by atoms with Crippen LogP contribution in [0.1, 0.15) is 16.8 Å². The largest absolute Gasteiger partial charge is 0.361 e. The summed E-state index contributed by atoms with van der Waals surface area (Å²) in [6.07, 6.45) is 3.31. The molecule has 31 heavy (non-hydrogen) atoms. The first-order chi connectivity index (χ1) is 15.2. The maximum atomic E-state index is 12.8. The molecule has 5 rings (SSSR count). The molecule has 2 aliphatic heterocycles. The van der Waals surface area contributed by atoms with E-state index in [0.717, 1.165) is 78.4 Å². The van der Waals surface area contributed by atoms with Crippen molar-refractivity contribution in [2.24, 2.45) is 0 Å². The van der Waals surface area contributed by atoms with Gasteiger partial charge in [-0.1, -0.05) is 18.2 Å². The molecule has 2 aromatic heterocycles. The maximum Gasteiger partial charge on any atom is 0.267 e. The van der Waals surface area contributed by atoms with Crippen molar-refractivity contribution in [1.82, 2.24) is 24.6 Å². The number of nitrogens with one attached hydrogen (secondary N) is 1. The number of para-hydroxylation sites is 1. The molecule has 2 aliphatic rings. The van der Waals surface area contributed by atoms with Crippen molar-refractivity contribution in [2.45, 2.75) is 25.1 Å². The quantitative estimate of drug-likeness (QED) is 0.660. The SMILES string of the molecule is O=C(Cc1c[nH]c2ccccc12)N1CCN(CCn2nc3c(cc2=O)CSCC3)CC1. The number of carbonyl (C=O) groups is 1. The number of H-pyrrole nitrogens is 1. The van der Waals surface area contributed by atoms with Gasteiger partial charge >= 0.3 is 0 Å². The van der Waals surface area contributed by atoms with E-state index in [9.17, 15) is 9.59 Å². The zero-order valence-corrected chi connectivity index (χ0v) is 18.4. The second-order valence-electron chi connectivity index (χ2n) is 8.24. The van der Waals surface area contributed by atoms with Gasteiger partial charge in [-0.05, 0) is 22.9 Å². The summed E-state index contributed by atoms with van der Waals surface area (Å²) in [6.45, 7) is 4.50. The van der Waals surface area contributed by atoms with Gasteiger partial charge in [0.25, 0.3) is 5.56 Å². The molecule has 0 bridgehead atoms. The Labute approximate surface area is 185 Å². The van der Waals surface area contributed by atoms with Crippen LogP contribution in [0, 0.1) is 0 Å². The predicted octanol–water partition coefficient (Wildman–Crippen LogP) is 1.90. The second-order valence-corrected chi connectivity index (χ2v) is 9.34. The number of hydrogen-bond acceptors (Lipinski definition) is 5. The molecule has 1 amide bonds. The lowest BCUT2D eigenvalue weighted by Gasteiger charge is -2.34. The average molecular weight is 438 g/mol. The number of aromatic amines is 1. The van der Waals surface area contributed by atoms with E-state index < -0.39 is 0 Å². The Morgan fingerprint density at radius 3 is 2.84 bits per heavy atom. The van der Waals surface area contributed by atoms with Crippen molar-refractivity contribution in [1.29, 1.82) is 0 Å². The zero-order valence-electron chi connectivity index (χ0n) is 17.5. The van der Waals surface area contributed by atoms with E-state index in [2.05, 4.69) is 21.0 Å². The Bertz CT molecular complexity index is 1150. The average Bonchev–Trinajstić information content (AvgIpc) is 3.21. The molecule has 1 fully saturated rings. The molecule has 162 valence electrons. The molecule has 4 heterocycles. The van der Waals surface area contributed by atoms with Crippen molar-refractivity contribution in [3.8, 4) is 0 Å². The molecule has 8 heteroatoms. The van der Waals surface area contributed by atoms with E-state index in [4.69, 9.17) is 0 Å². The number of piperazine rings is 1. The topological polar surface area (TPSA) is 74.2 Å². The van der Waals surface area contributed by atoms with E-state index >= 15 is 0 Å². The van der Waals surface area contributed by atoms with E-state index in [0.29, 0.717) is 13.0 Å². The number of thioether (sulfide) groups is 1. The fourth-order valence-electron chi connectivity index (χ4n) is 4.42. The van der Waals surface area contributed by atoms with Gasteiger partial charge in [0.1, 0.15) is 0 Å². The van der Waals surface area contributed by atoms with Gasteiger partial charge in [-0.25, -0.2) is 4.68 Å². The van der Waals surface area contributed by atoms with Gasteiger partial charge in [-0.2, -0.15) is 16.9 Å². The predicted molar refractivity (Wildman–Crippen MR) is 123 cm³/mol. The number of amides is 1. The van der Waals surface area contributed by atoms with Crippen LogP contribution in [0.3, 0.4) is 0 Å². The van der Waals surface area contributed by atoms with Crippen LogP contribution in [0.15, 0.2) is 41.3 Å². The third-order valence-electron chi connectivity index (χ3n) is 6.27. The molecule has 0 aliphatic carbocycles. The van der Waals surface area contributed by atoms with E-state index in [-0.39, 0.29) is 11.5 Å². The van der Waals surface area contributed by atoms with Gasteiger partial charge in [-0.3, -0.25) is 14.5 Å². The summed E-state index contributed by atoms with van der Waals surface area (Å²) in [5, 5.41) is 5.73. The van der Waals surface area contributed by atoms with Gasteiger partial charge in [0.05, 0.1) is 18.7 Å². The van der Waals surface area contributed by atoms with Crippen molar-refractivity contribution < 1.29 is 4.79 Å². The monoisotopic (exact) mass is 437 g/mol. The summed E-state index contributed by atoms with van der Waals surface area (Å²) in [5.41, 5.74) is 4.29. The van der Waals surface area contributed by atoms with Gasteiger partial charge in [0.15, 0.2) is 0 Å². The van der Waals surface area contributed by atoms with Gasteiger partial charge in [0, 0.05) is 68.1 Å². The minimum Gasteiger partial charge on any atom is -0.361 e. The number of benzene rings is 1. The number of aromatic nitrogens is 3. The van der Waals surface area contributed by atoms with Crippen LogP contribution in [0.2, 0.25) is 0 Å². The fraction of sp³-hybridized carbons (Fsp3) is 0.435. The Morgan fingerprint density at radius 1 is 1.13 bits per heavy atom. The number of hydrogen-bond donors (Lipinski definition) is 1. The molecular formula is C23H27N5O2S. The van der Waals surface area contributed by atoms with E-state index in [1.54, 1.807) is 10.7 Å².